The molecule has 2 saturated heterocycles. The monoisotopic (exact) mass is 337 g/mol. The van der Waals surface area contributed by atoms with E-state index in [0.29, 0.717) is 0 Å². The van der Waals surface area contributed by atoms with Crippen LogP contribution in [0.4, 0.5) is 5.95 Å². The maximum absolute atomic E-state index is 4.73. The van der Waals surface area contributed by atoms with Gasteiger partial charge in [0.05, 0.1) is 5.69 Å². The van der Waals surface area contributed by atoms with Crippen molar-refractivity contribution in [3.8, 4) is 0 Å². The fraction of sp³-hybridized carbons (Fsp3) is 0.550. The van der Waals surface area contributed by atoms with Crippen LogP contribution in [0.5, 0.6) is 0 Å². The normalized spacial score (nSPS) is 24.2. The first-order valence-corrected chi connectivity index (χ1v) is 9.36. The Bertz CT molecular complexity index is 729. The Labute approximate surface area is 150 Å². The summed E-state index contributed by atoms with van der Waals surface area (Å²) < 4.78 is 0. The highest BCUT2D eigenvalue weighted by molar-refractivity contribution is 5.34. The summed E-state index contributed by atoms with van der Waals surface area (Å²) in [6, 6.07) is 6.35. The van der Waals surface area contributed by atoms with Crippen LogP contribution in [0.15, 0.2) is 30.6 Å². The molecule has 4 heterocycles. The molecule has 0 N–H and O–H groups in total. The van der Waals surface area contributed by atoms with Crippen LogP contribution in [0, 0.1) is 13.8 Å². The van der Waals surface area contributed by atoms with Crippen LogP contribution in [0.1, 0.15) is 42.6 Å². The van der Waals surface area contributed by atoms with E-state index in [2.05, 4.69) is 44.9 Å². The van der Waals surface area contributed by atoms with Crippen molar-refractivity contribution in [1.29, 1.82) is 0 Å². The zero-order chi connectivity index (χ0) is 17.3. The lowest BCUT2D eigenvalue weighted by molar-refractivity contribution is 0.0548. The second kappa shape index (κ2) is 6.71. The molecule has 25 heavy (non-hydrogen) atoms. The number of rotatable bonds is 3. The summed E-state index contributed by atoms with van der Waals surface area (Å²) in [4.78, 5) is 18.9. The number of likely N-dealkylation sites (tertiary alicyclic amines) is 1. The smallest absolute Gasteiger partial charge is 0.225 e. The molecule has 2 aliphatic rings. The van der Waals surface area contributed by atoms with E-state index in [1.54, 1.807) is 0 Å². The number of pyridine rings is 1. The summed E-state index contributed by atoms with van der Waals surface area (Å²) >= 11 is 0. The molecule has 1 spiro atoms. The van der Waals surface area contributed by atoms with Gasteiger partial charge in [-0.25, -0.2) is 9.97 Å². The quantitative estimate of drug-likeness (QED) is 0.861. The summed E-state index contributed by atoms with van der Waals surface area (Å²) in [6.45, 7) is 8.29. The van der Waals surface area contributed by atoms with Gasteiger partial charge in [-0.05, 0) is 57.4 Å². The molecule has 2 fully saturated rings. The highest BCUT2D eigenvalue weighted by Crippen LogP contribution is 2.38. The van der Waals surface area contributed by atoms with E-state index in [1.807, 2.05) is 19.3 Å². The largest absolute Gasteiger partial charge is 0.339 e. The molecule has 2 aromatic heterocycles. The Balaban J connectivity index is 1.53. The van der Waals surface area contributed by atoms with Crippen LogP contribution in [-0.2, 0) is 6.54 Å². The summed E-state index contributed by atoms with van der Waals surface area (Å²) in [5.41, 5.74) is 3.65. The lowest BCUT2D eigenvalue weighted by atomic mass is 9.85. The van der Waals surface area contributed by atoms with E-state index in [-0.39, 0.29) is 5.54 Å². The average Bonchev–Trinajstić information content (AvgIpc) is 3.03. The highest BCUT2D eigenvalue weighted by Gasteiger charge is 2.44. The van der Waals surface area contributed by atoms with E-state index in [0.717, 1.165) is 43.4 Å². The SMILES string of the molecule is Cc1cnc(N2CC[C@@]3(CCCCN3Cc3cccc(C)n3)C2)nc1. The molecular weight excluding hydrogens is 310 g/mol. The fourth-order valence-corrected chi connectivity index (χ4v) is 4.32. The van der Waals surface area contributed by atoms with Crippen LogP contribution < -0.4 is 4.90 Å². The number of hydrogen-bond donors (Lipinski definition) is 0. The highest BCUT2D eigenvalue weighted by atomic mass is 15.3. The third-order valence-corrected chi connectivity index (χ3v) is 5.67. The van der Waals surface area contributed by atoms with E-state index < -0.39 is 0 Å². The number of nitrogens with zero attached hydrogens (tertiary/aromatic N) is 5. The number of hydrogen-bond acceptors (Lipinski definition) is 5. The van der Waals surface area contributed by atoms with E-state index in [1.165, 1.54) is 31.4 Å². The second-order valence-electron chi connectivity index (χ2n) is 7.61. The molecule has 5 nitrogen and oxygen atoms in total. The van der Waals surface area contributed by atoms with Crippen molar-refractivity contribution in [2.45, 2.75) is 51.6 Å². The minimum atomic E-state index is 0.248. The molecule has 0 aromatic carbocycles. The molecule has 0 unspecified atom stereocenters. The average molecular weight is 337 g/mol. The lowest BCUT2D eigenvalue weighted by Crippen LogP contribution is -2.53. The van der Waals surface area contributed by atoms with Gasteiger partial charge in [0.1, 0.15) is 0 Å². The number of piperidine rings is 1. The van der Waals surface area contributed by atoms with E-state index >= 15 is 0 Å². The summed E-state index contributed by atoms with van der Waals surface area (Å²) in [7, 11) is 0. The Kier molecular flexibility index (Phi) is 4.42. The Morgan fingerprint density at radius 1 is 1.04 bits per heavy atom. The third-order valence-electron chi connectivity index (χ3n) is 5.67. The van der Waals surface area contributed by atoms with Gasteiger partial charge < -0.3 is 4.90 Å². The lowest BCUT2D eigenvalue weighted by Gasteiger charge is -2.44. The second-order valence-corrected chi connectivity index (χ2v) is 7.61. The van der Waals surface area contributed by atoms with Crippen molar-refractivity contribution in [1.82, 2.24) is 19.9 Å². The molecule has 5 heteroatoms. The number of aromatic nitrogens is 3. The van der Waals surface area contributed by atoms with Gasteiger partial charge in [0.15, 0.2) is 0 Å². The Morgan fingerprint density at radius 3 is 2.68 bits per heavy atom. The molecule has 2 aliphatic heterocycles. The molecule has 0 radical (unpaired) electrons. The van der Waals surface area contributed by atoms with Gasteiger partial charge in [-0.1, -0.05) is 12.5 Å². The molecular formula is C20H27N5. The first-order valence-electron chi connectivity index (χ1n) is 9.36. The topological polar surface area (TPSA) is 45.2 Å². The Morgan fingerprint density at radius 2 is 1.88 bits per heavy atom. The van der Waals surface area contributed by atoms with Crippen LogP contribution >= 0.6 is 0 Å². The van der Waals surface area contributed by atoms with Crippen molar-refractivity contribution in [3.05, 3.63) is 47.5 Å². The van der Waals surface area contributed by atoms with Crippen molar-refractivity contribution in [2.24, 2.45) is 0 Å². The molecule has 0 bridgehead atoms. The first-order chi connectivity index (χ1) is 12.1. The van der Waals surface area contributed by atoms with Crippen molar-refractivity contribution >= 4 is 5.95 Å². The third kappa shape index (κ3) is 3.38. The van der Waals surface area contributed by atoms with Gasteiger partial charge in [0, 0.05) is 43.3 Å². The van der Waals surface area contributed by atoms with Crippen molar-refractivity contribution in [2.75, 3.05) is 24.5 Å². The van der Waals surface area contributed by atoms with Crippen molar-refractivity contribution in [3.63, 3.8) is 0 Å². The van der Waals surface area contributed by atoms with Gasteiger partial charge in [-0.15, -0.1) is 0 Å². The first kappa shape index (κ1) is 16.5. The predicted octanol–water partition coefficient (Wildman–Crippen LogP) is 3.12. The standard InChI is InChI=1S/C20H27N5/c1-16-12-21-19(22-13-16)24-11-9-20(15-24)8-3-4-10-25(20)14-18-7-5-6-17(2)23-18/h5-7,12-13H,3-4,8-11,14-15H2,1-2H3/t20-/m0/s1. The fourth-order valence-electron chi connectivity index (χ4n) is 4.32. The molecule has 0 saturated carbocycles. The molecule has 1 atom stereocenters. The Hall–Kier alpha value is -2.01. The summed E-state index contributed by atoms with van der Waals surface area (Å²) in [6.07, 6.45) is 8.90. The zero-order valence-corrected chi connectivity index (χ0v) is 15.3. The van der Waals surface area contributed by atoms with Crippen LogP contribution in [-0.4, -0.2) is 45.0 Å². The molecule has 0 aliphatic carbocycles. The van der Waals surface area contributed by atoms with Gasteiger partial charge in [-0.2, -0.15) is 0 Å². The van der Waals surface area contributed by atoms with E-state index in [9.17, 15) is 0 Å². The zero-order valence-electron chi connectivity index (χ0n) is 15.3. The van der Waals surface area contributed by atoms with Gasteiger partial charge in [0.25, 0.3) is 0 Å². The molecule has 132 valence electrons. The predicted molar refractivity (Wildman–Crippen MR) is 99.6 cm³/mol. The summed E-state index contributed by atoms with van der Waals surface area (Å²) in [5.74, 6) is 0.877. The van der Waals surface area contributed by atoms with E-state index in [4.69, 9.17) is 4.98 Å². The molecule has 4 rings (SSSR count). The van der Waals surface area contributed by atoms with Crippen molar-refractivity contribution < 1.29 is 0 Å². The number of aryl methyl sites for hydroxylation is 2. The van der Waals surface area contributed by atoms with Crippen LogP contribution in [0.25, 0.3) is 0 Å². The van der Waals surface area contributed by atoms with Gasteiger partial charge in [-0.3, -0.25) is 9.88 Å². The van der Waals surface area contributed by atoms with Crippen LogP contribution in [0.3, 0.4) is 0 Å². The maximum Gasteiger partial charge on any atom is 0.225 e. The number of anilines is 1. The minimum absolute atomic E-state index is 0.248. The van der Waals surface area contributed by atoms with Crippen LogP contribution in [0.2, 0.25) is 0 Å². The van der Waals surface area contributed by atoms with Gasteiger partial charge in [0.2, 0.25) is 5.95 Å². The molecule has 0 amide bonds. The molecule has 2 aromatic rings. The summed E-state index contributed by atoms with van der Waals surface area (Å²) in [5, 5.41) is 0. The maximum atomic E-state index is 4.73. The van der Waals surface area contributed by atoms with Gasteiger partial charge >= 0.3 is 0 Å². The minimum Gasteiger partial charge on any atom is -0.339 e.